The molecule has 0 saturated heterocycles. The summed E-state index contributed by atoms with van der Waals surface area (Å²) in [6.07, 6.45) is 3.70. The van der Waals surface area contributed by atoms with Gasteiger partial charge in [-0.05, 0) is 37.1 Å². The number of benzene rings is 2. The number of para-hydroxylation sites is 2. The monoisotopic (exact) mass is 344 g/mol. The van der Waals surface area contributed by atoms with Crippen LogP contribution in [0.25, 0.3) is 33.8 Å². The predicted molar refractivity (Wildman–Crippen MR) is 98.4 cm³/mol. The van der Waals surface area contributed by atoms with Crippen molar-refractivity contribution in [3.05, 3.63) is 54.7 Å². The number of fused-ring (bicyclic) bond motifs is 1. The molecule has 5 rings (SSSR count). The molecule has 1 fully saturated rings. The molecule has 1 amide bonds. The normalized spacial score (nSPS) is 13.8. The highest BCUT2D eigenvalue weighted by molar-refractivity contribution is 5.94. The van der Waals surface area contributed by atoms with Gasteiger partial charge in [0.1, 0.15) is 5.52 Å². The van der Waals surface area contributed by atoms with Gasteiger partial charge in [-0.1, -0.05) is 24.3 Å². The fraction of sp³-hybridized carbons (Fsp3) is 0.150. The quantitative estimate of drug-likeness (QED) is 0.580. The van der Waals surface area contributed by atoms with Gasteiger partial charge in [0.15, 0.2) is 5.58 Å². The van der Waals surface area contributed by atoms with Crippen molar-refractivity contribution in [1.82, 2.24) is 15.2 Å². The highest BCUT2D eigenvalue weighted by Gasteiger charge is 2.29. The molecule has 1 saturated carbocycles. The number of hydrogen-bond acceptors (Lipinski definition) is 4. The third kappa shape index (κ3) is 2.65. The fourth-order valence-electron chi connectivity index (χ4n) is 2.97. The molecule has 0 spiro atoms. The zero-order chi connectivity index (χ0) is 17.5. The van der Waals surface area contributed by atoms with Crippen LogP contribution in [-0.2, 0) is 4.79 Å². The second kappa shape index (κ2) is 5.84. The minimum absolute atomic E-state index is 0.103. The van der Waals surface area contributed by atoms with Crippen molar-refractivity contribution in [2.45, 2.75) is 12.8 Å². The molecule has 128 valence electrons. The Morgan fingerprint density at radius 3 is 2.69 bits per heavy atom. The van der Waals surface area contributed by atoms with Crippen LogP contribution in [0.15, 0.2) is 59.1 Å². The molecule has 0 unspecified atom stereocenters. The van der Waals surface area contributed by atoms with Crippen LogP contribution in [0.3, 0.4) is 0 Å². The molecule has 2 N–H and O–H groups in total. The zero-order valence-electron chi connectivity index (χ0n) is 13.9. The van der Waals surface area contributed by atoms with Crippen molar-refractivity contribution in [1.29, 1.82) is 0 Å². The first-order valence-corrected chi connectivity index (χ1v) is 8.58. The molecule has 0 aliphatic heterocycles. The number of amides is 1. The van der Waals surface area contributed by atoms with Crippen molar-refractivity contribution < 1.29 is 9.21 Å². The Morgan fingerprint density at radius 2 is 1.92 bits per heavy atom. The van der Waals surface area contributed by atoms with Gasteiger partial charge in [-0.3, -0.25) is 9.89 Å². The number of carbonyl (C=O) groups excluding carboxylic acids is 1. The molecule has 2 heterocycles. The molecule has 6 nitrogen and oxygen atoms in total. The van der Waals surface area contributed by atoms with E-state index in [-0.39, 0.29) is 11.8 Å². The fourth-order valence-corrected chi connectivity index (χ4v) is 2.97. The molecule has 0 bridgehead atoms. The Morgan fingerprint density at radius 1 is 1.12 bits per heavy atom. The second-order valence-corrected chi connectivity index (χ2v) is 6.49. The molecule has 2 aromatic carbocycles. The first-order valence-electron chi connectivity index (χ1n) is 8.58. The standard InChI is InChI=1S/C20H16N4O2/c25-19(13-5-6-13)22-14-9-7-12(8-10-14)18-15(11-21-24-18)20-23-16-3-1-2-4-17(16)26-20/h1-4,7-11,13H,5-6H2,(H,21,24)(H,22,25). The van der Waals surface area contributed by atoms with Crippen molar-refractivity contribution in [2.75, 3.05) is 5.32 Å². The number of rotatable bonds is 4. The number of hydrogen-bond donors (Lipinski definition) is 2. The first-order chi connectivity index (χ1) is 12.8. The summed E-state index contributed by atoms with van der Waals surface area (Å²) < 4.78 is 5.86. The lowest BCUT2D eigenvalue weighted by Gasteiger charge is -2.06. The third-order valence-corrected chi connectivity index (χ3v) is 4.55. The van der Waals surface area contributed by atoms with Crippen LogP contribution in [0.5, 0.6) is 0 Å². The van der Waals surface area contributed by atoms with Crippen LogP contribution >= 0.6 is 0 Å². The van der Waals surface area contributed by atoms with E-state index < -0.39 is 0 Å². The highest BCUT2D eigenvalue weighted by Crippen LogP contribution is 2.33. The predicted octanol–water partition coefficient (Wildman–Crippen LogP) is 4.23. The van der Waals surface area contributed by atoms with Gasteiger partial charge in [0.05, 0.1) is 17.5 Å². The Bertz CT molecular complexity index is 1060. The summed E-state index contributed by atoms with van der Waals surface area (Å²) in [5.41, 5.74) is 4.94. The van der Waals surface area contributed by atoms with Gasteiger partial charge in [-0.25, -0.2) is 4.98 Å². The highest BCUT2D eigenvalue weighted by atomic mass is 16.3. The SMILES string of the molecule is O=C(Nc1ccc(-c2[nH]ncc2-c2nc3ccccc3o2)cc1)C1CC1. The summed E-state index contributed by atoms with van der Waals surface area (Å²) in [7, 11) is 0. The van der Waals surface area contributed by atoms with E-state index in [1.54, 1.807) is 6.20 Å². The number of H-pyrrole nitrogens is 1. The maximum Gasteiger partial charge on any atom is 0.231 e. The van der Waals surface area contributed by atoms with E-state index in [1.165, 1.54) is 0 Å². The number of aromatic amines is 1. The molecular weight excluding hydrogens is 328 g/mol. The van der Waals surface area contributed by atoms with E-state index in [4.69, 9.17) is 4.42 Å². The summed E-state index contributed by atoms with van der Waals surface area (Å²) in [6, 6.07) is 15.3. The average molecular weight is 344 g/mol. The lowest BCUT2D eigenvalue weighted by atomic mass is 10.1. The Hall–Kier alpha value is -3.41. The van der Waals surface area contributed by atoms with E-state index in [0.717, 1.165) is 46.4 Å². The van der Waals surface area contributed by atoms with E-state index in [2.05, 4.69) is 20.5 Å². The van der Waals surface area contributed by atoms with Crippen LogP contribution in [0.4, 0.5) is 5.69 Å². The molecule has 1 aliphatic carbocycles. The molecule has 1 aliphatic rings. The van der Waals surface area contributed by atoms with Gasteiger partial charge < -0.3 is 9.73 Å². The van der Waals surface area contributed by atoms with Gasteiger partial charge in [0, 0.05) is 17.2 Å². The summed E-state index contributed by atoms with van der Waals surface area (Å²) in [5.74, 6) is 0.820. The zero-order valence-corrected chi connectivity index (χ0v) is 13.9. The van der Waals surface area contributed by atoms with E-state index in [0.29, 0.717) is 5.89 Å². The molecule has 6 heteroatoms. The topological polar surface area (TPSA) is 83.8 Å². The van der Waals surface area contributed by atoms with Crippen LogP contribution in [0.1, 0.15) is 12.8 Å². The third-order valence-electron chi connectivity index (χ3n) is 4.55. The number of nitrogens with zero attached hydrogens (tertiary/aromatic N) is 2. The lowest BCUT2D eigenvalue weighted by Crippen LogP contribution is -2.12. The van der Waals surface area contributed by atoms with Crippen LogP contribution in [0, 0.1) is 5.92 Å². The van der Waals surface area contributed by atoms with Crippen LogP contribution < -0.4 is 5.32 Å². The molecular formula is C20H16N4O2. The van der Waals surface area contributed by atoms with Gasteiger partial charge in [-0.2, -0.15) is 5.10 Å². The summed E-state index contributed by atoms with van der Waals surface area (Å²) in [6.45, 7) is 0. The summed E-state index contributed by atoms with van der Waals surface area (Å²) >= 11 is 0. The van der Waals surface area contributed by atoms with E-state index in [9.17, 15) is 4.79 Å². The number of carbonyl (C=O) groups is 1. The van der Waals surface area contributed by atoms with Crippen molar-refractivity contribution in [2.24, 2.45) is 5.92 Å². The van der Waals surface area contributed by atoms with Crippen molar-refractivity contribution >= 4 is 22.7 Å². The van der Waals surface area contributed by atoms with Gasteiger partial charge in [0.2, 0.25) is 11.8 Å². The smallest absolute Gasteiger partial charge is 0.231 e. The number of anilines is 1. The molecule has 2 aromatic heterocycles. The number of oxazole rings is 1. The molecule has 0 radical (unpaired) electrons. The summed E-state index contributed by atoms with van der Waals surface area (Å²) in [5, 5.41) is 10.1. The van der Waals surface area contributed by atoms with Gasteiger partial charge in [0.25, 0.3) is 0 Å². The molecule has 0 atom stereocenters. The van der Waals surface area contributed by atoms with E-state index >= 15 is 0 Å². The number of nitrogens with one attached hydrogen (secondary N) is 2. The van der Waals surface area contributed by atoms with E-state index in [1.807, 2.05) is 48.5 Å². The van der Waals surface area contributed by atoms with Crippen LogP contribution in [0.2, 0.25) is 0 Å². The minimum Gasteiger partial charge on any atom is -0.436 e. The molecule has 4 aromatic rings. The Balaban J connectivity index is 1.45. The lowest BCUT2D eigenvalue weighted by molar-refractivity contribution is -0.117. The maximum atomic E-state index is 11.9. The van der Waals surface area contributed by atoms with Crippen molar-refractivity contribution in [3.8, 4) is 22.7 Å². The average Bonchev–Trinajstić information content (AvgIpc) is 3.25. The maximum absolute atomic E-state index is 11.9. The first kappa shape index (κ1) is 14.9. The largest absolute Gasteiger partial charge is 0.436 e. The van der Waals surface area contributed by atoms with Crippen molar-refractivity contribution in [3.63, 3.8) is 0 Å². The molecule has 26 heavy (non-hydrogen) atoms. The van der Waals surface area contributed by atoms with Crippen LogP contribution in [-0.4, -0.2) is 21.1 Å². The minimum atomic E-state index is 0.103. The summed E-state index contributed by atoms with van der Waals surface area (Å²) in [4.78, 5) is 16.4. The number of aromatic nitrogens is 3. The second-order valence-electron chi connectivity index (χ2n) is 6.49. The Labute approximate surface area is 149 Å². The van der Waals surface area contributed by atoms with Gasteiger partial charge in [-0.15, -0.1) is 0 Å². The Kier molecular flexibility index (Phi) is 3.35. The van der Waals surface area contributed by atoms with Gasteiger partial charge >= 0.3 is 0 Å².